The normalized spacial score (nSPS) is 25.8. The van der Waals surface area contributed by atoms with Gasteiger partial charge >= 0.3 is 0 Å². The molecule has 2 rings (SSSR count). The summed E-state index contributed by atoms with van der Waals surface area (Å²) in [6.45, 7) is 0.585. The van der Waals surface area contributed by atoms with Gasteiger partial charge in [-0.15, -0.1) is 0 Å². The van der Waals surface area contributed by atoms with Crippen molar-refractivity contribution in [2.45, 2.75) is 18.4 Å². The second-order valence-corrected chi connectivity index (χ2v) is 6.77. The van der Waals surface area contributed by atoms with Crippen molar-refractivity contribution in [3.05, 3.63) is 35.9 Å². The summed E-state index contributed by atoms with van der Waals surface area (Å²) in [6.07, 6.45) is 1.56. The third kappa shape index (κ3) is 2.56. The third-order valence-electron chi connectivity index (χ3n) is 2.81. The molecule has 1 aromatic carbocycles. The highest BCUT2D eigenvalue weighted by Gasteiger charge is 2.40. The van der Waals surface area contributed by atoms with Crippen LogP contribution in [0.4, 0.5) is 0 Å². The smallest absolute Gasteiger partial charge is 0.235 e. The molecular formula is C11H13ClO3S. The van der Waals surface area contributed by atoms with Crippen molar-refractivity contribution in [2.24, 2.45) is 0 Å². The molecule has 0 aromatic heterocycles. The van der Waals surface area contributed by atoms with Crippen LogP contribution in [-0.2, 0) is 19.4 Å². The topological polar surface area (TPSA) is 43.4 Å². The van der Waals surface area contributed by atoms with E-state index < -0.39 is 14.7 Å². The van der Waals surface area contributed by atoms with Crippen LogP contribution in [0.25, 0.3) is 0 Å². The summed E-state index contributed by atoms with van der Waals surface area (Å²) < 4.78 is 28.1. The molecule has 5 heteroatoms. The Labute approximate surface area is 99.8 Å². The van der Waals surface area contributed by atoms with Gasteiger partial charge < -0.3 is 4.74 Å². The summed E-state index contributed by atoms with van der Waals surface area (Å²) in [7, 11) is 1.78. The van der Waals surface area contributed by atoms with Crippen LogP contribution in [-0.4, -0.2) is 20.8 Å². The van der Waals surface area contributed by atoms with Gasteiger partial charge in [0, 0.05) is 17.3 Å². The Morgan fingerprint density at radius 3 is 2.50 bits per heavy atom. The van der Waals surface area contributed by atoms with Crippen LogP contribution in [0.1, 0.15) is 18.4 Å². The lowest BCUT2D eigenvalue weighted by Crippen LogP contribution is -2.32. The molecule has 0 aliphatic carbocycles. The van der Waals surface area contributed by atoms with E-state index in [0.717, 1.165) is 12.0 Å². The summed E-state index contributed by atoms with van der Waals surface area (Å²) in [5.74, 6) is -0.161. The molecule has 0 spiro atoms. The third-order valence-corrected chi connectivity index (χ3v) is 3.95. The van der Waals surface area contributed by atoms with Crippen molar-refractivity contribution in [2.75, 3.05) is 12.4 Å². The van der Waals surface area contributed by atoms with Gasteiger partial charge in [-0.1, -0.05) is 30.3 Å². The maximum atomic E-state index is 11.3. The molecule has 1 atom stereocenters. The lowest BCUT2D eigenvalue weighted by molar-refractivity contribution is 0.0201. The predicted molar refractivity (Wildman–Crippen MR) is 62.9 cm³/mol. The first-order valence-corrected chi connectivity index (χ1v) is 7.62. The first-order valence-electron chi connectivity index (χ1n) is 5.14. The van der Waals surface area contributed by atoms with E-state index in [2.05, 4.69) is 0 Å². The second-order valence-electron chi connectivity index (χ2n) is 4.00. The largest absolute Gasteiger partial charge is 0.369 e. The molecule has 0 bridgehead atoms. The number of hydrogen-bond acceptors (Lipinski definition) is 3. The van der Waals surface area contributed by atoms with Crippen molar-refractivity contribution in [1.82, 2.24) is 0 Å². The molecule has 0 amide bonds. The molecule has 3 nitrogen and oxygen atoms in total. The molecule has 88 valence electrons. The van der Waals surface area contributed by atoms with Crippen LogP contribution in [0.3, 0.4) is 0 Å². The second kappa shape index (κ2) is 4.35. The maximum absolute atomic E-state index is 11.3. The lowest BCUT2D eigenvalue weighted by atomic mass is 9.93. The number of hydrogen-bond donors (Lipinski definition) is 0. The Hall–Kier alpha value is -0.580. The van der Waals surface area contributed by atoms with E-state index in [1.807, 2.05) is 30.3 Å². The van der Waals surface area contributed by atoms with Gasteiger partial charge in [0.15, 0.2) is 0 Å². The highest BCUT2D eigenvalue weighted by atomic mass is 35.7. The zero-order valence-corrected chi connectivity index (χ0v) is 10.3. The fourth-order valence-electron chi connectivity index (χ4n) is 2.14. The van der Waals surface area contributed by atoms with Crippen molar-refractivity contribution in [3.8, 4) is 0 Å². The highest BCUT2D eigenvalue weighted by molar-refractivity contribution is 8.13. The molecule has 0 N–H and O–H groups in total. The summed E-state index contributed by atoms with van der Waals surface area (Å²) >= 11 is 0. The maximum Gasteiger partial charge on any atom is 0.235 e. The summed E-state index contributed by atoms with van der Waals surface area (Å²) in [4.78, 5) is 0. The van der Waals surface area contributed by atoms with Crippen LogP contribution in [0.2, 0.25) is 0 Å². The van der Waals surface area contributed by atoms with Crippen LogP contribution < -0.4 is 0 Å². The standard InChI is InChI=1S/C11H13ClO3S/c12-16(13,14)9-11(7-4-8-15-11)10-5-2-1-3-6-10/h1-3,5-6H,4,7-9H2. The average molecular weight is 261 g/mol. The Bertz CT molecular complexity index is 449. The molecule has 1 aromatic rings. The van der Waals surface area contributed by atoms with Crippen molar-refractivity contribution >= 4 is 19.7 Å². The first-order chi connectivity index (χ1) is 7.52. The Morgan fingerprint density at radius 2 is 2.00 bits per heavy atom. The fraction of sp³-hybridized carbons (Fsp3) is 0.455. The highest BCUT2D eigenvalue weighted by Crippen LogP contribution is 2.37. The van der Waals surface area contributed by atoms with E-state index in [4.69, 9.17) is 15.4 Å². The summed E-state index contributed by atoms with van der Waals surface area (Å²) in [6, 6.07) is 9.40. The molecule has 0 radical (unpaired) electrons. The van der Waals surface area contributed by atoms with E-state index in [0.29, 0.717) is 13.0 Å². The van der Waals surface area contributed by atoms with Crippen molar-refractivity contribution in [3.63, 3.8) is 0 Å². The molecule has 1 saturated heterocycles. The lowest BCUT2D eigenvalue weighted by Gasteiger charge is -2.27. The van der Waals surface area contributed by atoms with Gasteiger partial charge in [-0.25, -0.2) is 8.42 Å². The van der Waals surface area contributed by atoms with E-state index in [-0.39, 0.29) is 5.75 Å². The van der Waals surface area contributed by atoms with Crippen LogP contribution in [0.5, 0.6) is 0 Å². The number of halogens is 1. The molecule has 1 fully saturated rings. The van der Waals surface area contributed by atoms with Crippen molar-refractivity contribution < 1.29 is 13.2 Å². The van der Waals surface area contributed by atoms with Crippen LogP contribution >= 0.6 is 10.7 Å². The zero-order valence-electron chi connectivity index (χ0n) is 8.73. The average Bonchev–Trinajstić information content (AvgIpc) is 2.66. The predicted octanol–water partition coefficient (Wildman–Crippen LogP) is 2.26. The monoisotopic (exact) mass is 260 g/mol. The van der Waals surface area contributed by atoms with Gasteiger partial charge in [0.2, 0.25) is 9.05 Å². The van der Waals surface area contributed by atoms with E-state index >= 15 is 0 Å². The van der Waals surface area contributed by atoms with Gasteiger partial charge in [0.1, 0.15) is 5.60 Å². The van der Waals surface area contributed by atoms with Crippen LogP contribution in [0, 0.1) is 0 Å². The van der Waals surface area contributed by atoms with E-state index in [1.165, 1.54) is 0 Å². The van der Waals surface area contributed by atoms with Gasteiger partial charge in [0.05, 0.1) is 5.75 Å². The molecule has 1 aliphatic heterocycles. The number of rotatable bonds is 3. The summed E-state index contributed by atoms with van der Waals surface area (Å²) in [5.41, 5.74) is 0.138. The minimum atomic E-state index is -3.57. The summed E-state index contributed by atoms with van der Waals surface area (Å²) in [5, 5.41) is 0. The van der Waals surface area contributed by atoms with Gasteiger partial charge in [0.25, 0.3) is 0 Å². The minimum Gasteiger partial charge on any atom is -0.369 e. The SMILES string of the molecule is O=S(=O)(Cl)CC1(c2ccccc2)CCCO1. The fourth-order valence-corrected chi connectivity index (χ4v) is 3.62. The van der Waals surface area contributed by atoms with Gasteiger partial charge in [-0.3, -0.25) is 0 Å². The molecule has 0 saturated carbocycles. The molecule has 1 aliphatic rings. The Kier molecular flexibility index (Phi) is 3.24. The van der Waals surface area contributed by atoms with Crippen LogP contribution in [0.15, 0.2) is 30.3 Å². The zero-order chi connectivity index (χ0) is 11.6. The molecule has 1 heterocycles. The Morgan fingerprint density at radius 1 is 1.31 bits per heavy atom. The molecular weight excluding hydrogens is 248 g/mol. The Balaban J connectivity index is 2.37. The van der Waals surface area contributed by atoms with Gasteiger partial charge in [-0.05, 0) is 18.4 Å². The molecule has 16 heavy (non-hydrogen) atoms. The molecule has 1 unspecified atom stereocenters. The number of benzene rings is 1. The first kappa shape index (κ1) is 11.9. The van der Waals surface area contributed by atoms with Crippen molar-refractivity contribution in [1.29, 1.82) is 0 Å². The van der Waals surface area contributed by atoms with E-state index in [9.17, 15) is 8.42 Å². The van der Waals surface area contributed by atoms with Gasteiger partial charge in [-0.2, -0.15) is 0 Å². The minimum absolute atomic E-state index is 0.161. The van der Waals surface area contributed by atoms with E-state index in [1.54, 1.807) is 0 Å². The number of ether oxygens (including phenoxy) is 1. The quantitative estimate of drug-likeness (QED) is 0.783.